The lowest BCUT2D eigenvalue weighted by molar-refractivity contribution is 0.234. The number of thioether (sulfide) groups is 1. The normalized spacial score (nSPS) is 20.2. The van der Waals surface area contributed by atoms with Gasteiger partial charge in [0.05, 0.1) is 11.8 Å². The Morgan fingerprint density at radius 2 is 2.28 bits per heavy atom. The molecule has 1 aliphatic rings. The Morgan fingerprint density at radius 3 is 2.94 bits per heavy atom. The number of ether oxygens (including phenoxy) is 1. The lowest BCUT2D eigenvalue weighted by Gasteiger charge is -2.31. The van der Waals surface area contributed by atoms with Crippen LogP contribution in [0.3, 0.4) is 0 Å². The van der Waals surface area contributed by atoms with Crippen molar-refractivity contribution in [3.63, 3.8) is 0 Å². The number of aromatic nitrogens is 1. The number of nitrogens with zero attached hydrogens (tertiary/aromatic N) is 2. The first-order valence-corrected chi connectivity index (χ1v) is 7.41. The van der Waals surface area contributed by atoms with Gasteiger partial charge in [0.1, 0.15) is 5.82 Å². The van der Waals surface area contributed by atoms with Crippen LogP contribution in [0.2, 0.25) is 0 Å². The number of hydrogen-bond donors (Lipinski definition) is 1. The molecular weight excluding hydrogens is 246 g/mol. The van der Waals surface area contributed by atoms with E-state index in [2.05, 4.69) is 16.8 Å². The number of nitrogen functional groups attached to an aromatic ring is 1. The number of hydrogen-bond acceptors (Lipinski definition) is 5. The SMILES string of the molecule is CC(C)Oc1nc(N2CCSC(C)C2)ccc1N. The van der Waals surface area contributed by atoms with Gasteiger partial charge in [-0.05, 0) is 26.0 Å². The molecule has 4 nitrogen and oxygen atoms in total. The Labute approximate surface area is 113 Å². The van der Waals surface area contributed by atoms with E-state index in [1.807, 2.05) is 37.7 Å². The minimum Gasteiger partial charge on any atom is -0.473 e. The lowest BCUT2D eigenvalue weighted by Crippen LogP contribution is -2.37. The zero-order valence-electron chi connectivity index (χ0n) is 11.2. The average molecular weight is 267 g/mol. The number of pyridine rings is 1. The fourth-order valence-corrected chi connectivity index (χ4v) is 2.98. The molecule has 0 spiro atoms. The third-order valence-corrected chi connectivity index (χ3v) is 3.92. The molecule has 1 fully saturated rings. The van der Waals surface area contributed by atoms with Crippen LogP contribution in [0.25, 0.3) is 0 Å². The van der Waals surface area contributed by atoms with Crippen molar-refractivity contribution in [2.75, 3.05) is 29.5 Å². The van der Waals surface area contributed by atoms with Gasteiger partial charge in [0.2, 0.25) is 5.88 Å². The van der Waals surface area contributed by atoms with Crippen LogP contribution in [0.1, 0.15) is 20.8 Å². The summed E-state index contributed by atoms with van der Waals surface area (Å²) in [7, 11) is 0. The molecule has 0 amide bonds. The molecule has 100 valence electrons. The van der Waals surface area contributed by atoms with E-state index in [0.717, 1.165) is 24.7 Å². The summed E-state index contributed by atoms with van der Waals surface area (Å²) in [6, 6.07) is 3.86. The summed E-state index contributed by atoms with van der Waals surface area (Å²) in [5, 5.41) is 0.646. The summed E-state index contributed by atoms with van der Waals surface area (Å²) in [4.78, 5) is 6.84. The summed E-state index contributed by atoms with van der Waals surface area (Å²) in [6.07, 6.45) is 0.0888. The first kappa shape index (κ1) is 13.3. The maximum Gasteiger partial charge on any atom is 0.239 e. The van der Waals surface area contributed by atoms with Crippen LogP contribution >= 0.6 is 11.8 Å². The maximum absolute atomic E-state index is 5.88. The van der Waals surface area contributed by atoms with Gasteiger partial charge in [0, 0.05) is 24.1 Å². The van der Waals surface area contributed by atoms with E-state index in [4.69, 9.17) is 10.5 Å². The quantitative estimate of drug-likeness (QED) is 0.911. The Balaban J connectivity index is 2.17. The van der Waals surface area contributed by atoms with Crippen LogP contribution in [0.5, 0.6) is 5.88 Å². The van der Waals surface area contributed by atoms with E-state index in [-0.39, 0.29) is 6.10 Å². The highest BCUT2D eigenvalue weighted by Crippen LogP contribution is 2.27. The van der Waals surface area contributed by atoms with Crippen molar-refractivity contribution in [1.82, 2.24) is 4.98 Å². The lowest BCUT2D eigenvalue weighted by atomic mass is 10.3. The minimum absolute atomic E-state index is 0.0888. The maximum atomic E-state index is 5.88. The van der Waals surface area contributed by atoms with Crippen LogP contribution < -0.4 is 15.4 Å². The number of anilines is 2. The van der Waals surface area contributed by atoms with Crippen LogP contribution in [-0.4, -0.2) is 35.2 Å². The number of nitrogens with two attached hydrogens (primary N) is 1. The standard InChI is InChI=1S/C13H21N3OS/c1-9(2)17-13-11(14)4-5-12(15-13)16-6-7-18-10(3)8-16/h4-5,9-10H,6-8,14H2,1-3H3. The molecule has 1 aliphatic heterocycles. The van der Waals surface area contributed by atoms with Gasteiger partial charge < -0.3 is 15.4 Å². The van der Waals surface area contributed by atoms with E-state index >= 15 is 0 Å². The summed E-state index contributed by atoms with van der Waals surface area (Å²) in [5.74, 6) is 2.66. The Morgan fingerprint density at radius 1 is 1.50 bits per heavy atom. The van der Waals surface area contributed by atoms with E-state index in [0.29, 0.717) is 16.8 Å². The molecule has 1 aromatic heterocycles. The highest BCUT2D eigenvalue weighted by molar-refractivity contribution is 8.00. The molecule has 0 aromatic carbocycles. The third-order valence-electron chi connectivity index (χ3n) is 2.79. The molecule has 0 aliphatic carbocycles. The van der Waals surface area contributed by atoms with Gasteiger partial charge in [-0.2, -0.15) is 16.7 Å². The number of rotatable bonds is 3. The minimum atomic E-state index is 0.0888. The van der Waals surface area contributed by atoms with Crippen LogP contribution in [-0.2, 0) is 0 Å². The Hall–Kier alpha value is -1.10. The summed E-state index contributed by atoms with van der Waals surface area (Å²) >= 11 is 2.01. The van der Waals surface area contributed by atoms with Crippen molar-refractivity contribution in [3.8, 4) is 5.88 Å². The fraction of sp³-hybridized carbons (Fsp3) is 0.615. The van der Waals surface area contributed by atoms with E-state index < -0.39 is 0 Å². The molecule has 1 unspecified atom stereocenters. The summed E-state index contributed by atoms with van der Waals surface area (Å²) in [6.45, 7) is 8.27. The molecule has 0 saturated carbocycles. The zero-order chi connectivity index (χ0) is 13.1. The molecule has 0 bridgehead atoms. The van der Waals surface area contributed by atoms with Crippen LogP contribution in [0.15, 0.2) is 12.1 Å². The van der Waals surface area contributed by atoms with Gasteiger partial charge in [0.15, 0.2) is 0 Å². The zero-order valence-corrected chi connectivity index (χ0v) is 12.0. The van der Waals surface area contributed by atoms with Crippen molar-refractivity contribution in [3.05, 3.63) is 12.1 Å². The Bertz CT molecular complexity index is 411. The second-order valence-electron chi connectivity index (χ2n) is 4.86. The second kappa shape index (κ2) is 5.69. The second-order valence-corrected chi connectivity index (χ2v) is 6.40. The molecule has 2 rings (SSSR count). The highest BCUT2D eigenvalue weighted by Gasteiger charge is 2.19. The van der Waals surface area contributed by atoms with Crippen molar-refractivity contribution in [2.45, 2.75) is 32.1 Å². The molecule has 5 heteroatoms. The average Bonchev–Trinajstić information content (AvgIpc) is 2.31. The van der Waals surface area contributed by atoms with Crippen molar-refractivity contribution in [1.29, 1.82) is 0 Å². The first-order valence-electron chi connectivity index (χ1n) is 6.36. The van der Waals surface area contributed by atoms with Gasteiger partial charge in [0.25, 0.3) is 0 Å². The van der Waals surface area contributed by atoms with Crippen molar-refractivity contribution in [2.24, 2.45) is 0 Å². The molecule has 18 heavy (non-hydrogen) atoms. The van der Waals surface area contributed by atoms with E-state index in [1.165, 1.54) is 0 Å². The van der Waals surface area contributed by atoms with Gasteiger partial charge >= 0.3 is 0 Å². The van der Waals surface area contributed by atoms with Gasteiger partial charge in [-0.25, -0.2) is 0 Å². The van der Waals surface area contributed by atoms with Gasteiger partial charge in [-0.3, -0.25) is 0 Å². The smallest absolute Gasteiger partial charge is 0.239 e. The van der Waals surface area contributed by atoms with Crippen molar-refractivity contribution >= 4 is 23.3 Å². The molecule has 0 radical (unpaired) electrons. The highest BCUT2D eigenvalue weighted by atomic mass is 32.2. The van der Waals surface area contributed by atoms with Gasteiger partial charge in [-0.1, -0.05) is 6.92 Å². The largest absolute Gasteiger partial charge is 0.473 e. The summed E-state index contributed by atoms with van der Waals surface area (Å²) < 4.78 is 5.64. The van der Waals surface area contributed by atoms with E-state index in [9.17, 15) is 0 Å². The first-order chi connectivity index (χ1) is 8.56. The molecule has 1 saturated heterocycles. The van der Waals surface area contributed by atoms with Crippen molar-refractivity contribution < 1.29 is 4.74 Å². The van der Waals surface area contributed by atoms with Crippen LogP contribution in [0.4, 0.5) is 11.5 Å². The molecule has 1 atom stereocenters. The van der Waals surface area contributed by atoms with E-state index in [1.54, 1.807) is 0 Å². The predicted molar refractivity (Wildman–Crippen MR) is 78.5 cm³/mol. The van der Waals surface area contributed by atoms with Crippen LogP contribution in [0, 0.1) is 0 Å². The fourth-order valence-electron chi connectivity index (χ4n) is 1.96. The Kier molecular flexibility index (Phi) is 4.22. The molecule has 2 N–H and O–H groups in total. The molecule has 2 heterocycles. The predicted octanol–water partition coefficient (Wildman–Crippen LogP) is 2.39. The van der Waals surface area contributed by atoms with Gasteiger partial charge in [-0.15, -0.1) is 0 Å². The molecule has 1 aromatic rings. The molecular formula is C13H21N3OS. The monoisotopic (exact) mass is 267 g/mol. The topological polar surface area (TPSA) is 51.4 Å². The third kappa shape index (κ3) is 3.22. The summed E-state index contributed by atoms with van der Waals surface area (Å²) in [5.41, 5.74) is 6.49.